The van der Waals surface area contributed by atoms with Gasteiger partial charge >= 0.3 is 0 Å². The fraction of sp³-hybridized carbons (Fsp3) is 0.143. The van der Waals surface area contributed by atoms with E-state index in [1.807, 2.05) is 0 Å². The third-order valence-corrected chi connectivity index (χ3v) is 5.02. The molecule has 0 bridgehead atoms. The maximum atomic E-state index is 12.4. The molecule has 3 rings (SSSR count). The van der Waals surface area contributed by atoms with E-state index in [2.05, 4.69) is 30.0 Å². The maximum Gasteiger partial charge on any atom is 0.269 e. The Bertz CT molecular complexity index is 1010. The van der Waals surface area contributed by atoms with Crippen LogP contribution >= 0.6 is 11.6 Å². The van der Waals surface area contributed by atoms with Crippen LogP contribution in [-0.2, 0) is 10.0 Å². The topological polar surface area (TPSA) is 127 Å². The average molecular weight is 382 g/mol. The van der Waals surface area contributed by atoms with Crippen molar-refractivity contribution in [3.8, 4) is 0 Å². The van der Waals surface area contributed by atoms with Crippen LogP contribution in [-0.4, -0.2) is 42.7 Å². The zero-order chi connectivity index (χ0) is 17.9. The lowest BCUT2D eigenvalue weighted by Gasteiger charge is -2.08. The molecule has 9 nitrogen and oxygen atoms in total. The lowest BCUT2D eigenvalue weighted by molar-refractivity contribution is 0.0949. The zero-order valence-electron chi connectivity index (χ0n) is 12.6. The molecule has 0 atom stereocenters. The van der Waals surface area contributed by atoms with Gasteiger partial charge in [0.1, 0.15) is 10.6 Å². The van der Waals surface area contributed by atoms with Gasteiger partial charge in [-0.1, -0.05) is 17.7 Å². The van der Waals surface area contributed by atoms with E-state index in [1.54, 1.807) is 18.2 Å². The second-order valence-corrected chi connectivity index (χ2v) is 7.02. The molecule has 11 heteroatoms. The molecule has 0 radical (unpaired) electrons. The number of carbonyl (C=O) groups is 1. The summed E-state index contributed by atoms with van der Waals surface area (Å²) in [6, 6.07) is 7.63. The second-order valence-electron chi connectivity index (χ2n) is 4.88. The van der Waals surface area contributed by atoms with Crippen LogP contribution in [0.1, 0.15) is 10.5 Å². The first-order valence-electron chi connectivity index (χ1n) is 7.09. The molecule has 0 saturated carbocycles. The van der Waals surface area contributed by atoms with Crippen molar-refractivity contribution in [2.24, 2.45) is 0 Å². The van der Waals surface area contributed by atoms with Crippen LogP contribution in [0.15, 0.2) is 46.1 Å². The van der Waals surface area contributed by atoms with Crippen molar-refractivity contribution in [3.63, 3.8) is 0 Å². The summed E-state index contributed by atoms with van der Waals surface area (Å²) < 4.78 is 31.7. The number of benzene rings is 1. The number of hydrogen-bond donors (Lipinski definition) is 2. The number of halogens is 1. The Hall–Kier alpha value is -2.56. The first kappa shape index (κ1) is 17.3. The molecular weight excluding hydrogens is 370 g/mol. The number of nitrogens with zero attached hydrogens (tertiary/aromatic N) is 3. The Morgan fingerprint density at radius 2 is 1.92 bits per heavy atom. The van der Waals surface area contributed by atoms with Crippen molar-refractivity contribution in [3.05, 3.63) is 47.2 Å². The van der Waals surface area contributed by atoms with Crippen molar-refractivity contribution < 1.29 is 17.8 Å². The quantitative estimate of drug-likeness (QED) is 0.609. The average Bonchev–Trinajstić information content (AvgIpc) is 3.10. The first-order chi connectivity index (χ1) is 12.0. The van der Waals surface area contributed by atoms with Gasteiger partial charge < -0.3 is 5.32 Å². The van der Waals surface area contributed by atoms with Gasteiger partial charge in [0, 0.05) is 19.3 Å². The molecule has 3 aromatic rings. The number of pyridine rings is 1. The van der Waals surface area contributed by atoms with Crippen LogP contribution < -0.4 is 10.0 Å². The van der Waals surface area contributed by atoms with Crippen LogP contribution in [0.2, 0.25) is 5.02 Å². The van der Waals surface area contributed by atoms with Gasteiger partial charge in [0.2, 0.25) is 10.0 Å². The smallest absolute Gasteiger partial charge is 0.269 e. The third-order valence-electron chi connectivity index (χ3n) is 3.22. The second kappa shape index (κ2) is 7.13. The molecule has 0 aliphatic rings. The van der Waals surface area contributed by atoms with Gasteiger partial charge in [0.15, 0.2) is 11.0 Å². The molecule has 1 aromatic carbocycles. The predicted molar refractivity (Wildman–Crippen MR) is 88.6 cm³/mol. The molecule has 1 amide bonds. The number of fused-ring (bicyclic) bond motifs is 1. The van der Waals surface area contributed by atoms with Gasteiger partial charge in [-0.3, -0.25) is 9.78 Å². The fourth-order valence-electron chi connectivity index (χ4n) is 2.06. The molecule has 0 saturated heterocycles. The van der Waals surface area contributed by atoms with Crippen LogP contribution in [0.25, 0.3) is 11.0 Å². The molecule has 0 aliphatic heterocycles. The highest BCUT2D eigenvalue weighted by Gasteiger charge is 2.21. The SMILES string of the molecule is O=C(NCCNS(=O)(=O)c1ccc(Cl)c2nonc12)c1ccccn1. The minimum Gasteiger partial charge on any atom is -0.349 e. The molecule has 0 fully saturated rings. The summed E-state index contributed by atoms with van der Waals surface area (Å²) in [6.07, 6.45) is 1.50. The summed E-state index contributed by atoms with van der Waals surface area (Å²) in [5, 5.41) is 9.95. The van der Waals surface area contributed by atoms with E-state index in [-0.39, 0.29) is 39.7 Å². The van der Waals surface area contributed by atoms with E-state index >= 15 is 0 Å². The number of amides is 1. The van der Waals surface area contributed by atoms with E-state index in [0.717, 1.165) is 0 Å². The summed E-state index contributed by atoms with van der Waals surface area (Å²) in [5.74, 6) is -0.394. The number of aromatic nitrogens is 3. The summed E-state index contributed by atoms with van der Waals surface area (Å²) in [5.41, 5.74) is 0.448. The molecule has 2 N–H and O–H groups in total. The van der Waals surface area contributed by atoms with Crippen molar-refractivity contribution in [1.29, 1.82) is 0 Å². The van der Waals surface area contributed by atoms with Crippen molar-refractivity contribution in [2.75, 3.05) is 13.1 Å². The van der Waals surface area contributed by atoms with Crippen molar-refractivity contribution in [1.82, 2.24) is 25.3 Å². The lowest BCUT2D eigenvalue weighted by Crippen LogP contribution is -2.35. The molecular formula is C14H12ClN5O4S. The minimum atomic E-state index is -3.87. The van der Waals surface area contributed by atoms with E-state index < -0.39 is 15.9 Å². The monoisotopic (exact) mass is 381 g/mol. The van der Waals surface area contributed by atoms with Crippen LogP contribution in [0.3, 0.4) is 0 Å². The van der Waals surface area contributed by atoms with Crippen LogP contribution in [0.4, 0.5) is 0 Å². The largest absolute Gasteiger partial charge is 0.349 e. The van der Waals surface area contributed by atoms with E-state index in [4.69, 9.17) is 11.6 Å². The summed E-state index contributed by atoms with van der Waals surface area (Å²) >= 11 is 5.91. The highest BCUT2D eigenvalue weighted by molar-refractivity contribution is 7.89. The van der Waals surface area contributed by atoms with Gasteiger partial charge in [-0.2, -0.15) is 0 Å². The van der Waals surface area contributed by atoms with Crippen LogP contribution in [0.5, 0.6) is 0 Å². The Labute approximate surface area is 147 Å². The van der Waals surface area contributed by atoms with Crippen molar-refractivity contribution in [2.45, 2.75) is 4.90 Å². The summed E-state index contributed by atoms with van der Waals surface area (Å²) in [7, 11) is -3.87. The predicted octanol–water partition coefficient (Wildman–Crippen LogP) is 0.980. The molecule has 0 aliphatic carbocycles. The van der Waals surface area contributed by atoms with E-state index in [1.165, 1.54) is 18.3 Å². The normalized spacial score (nSPS) is 11.6. The molecule has 25 heavy (non-hydrogen) atoms. The summed E-state index contributed by atoms with van der Waals surface area (Å²) in [4.78, 5) is 15.6. The number of hydrogen-bond acceptors (Lipinski definition) is 7. The zero-order valence-corrected chi connectivity index (χ0v) is 14.2. The number of carbonyl (C=O) groups excluding carboxylic acids is 1. The van der Waals surface area contributed by atoms with Gasteiger partial charge in [-0.05, 0) is 34.6 Å². The van der Waals surface area contributed by atoms with E-state index in [0.29, 0.717) is 0 Å². The Balaban J connectivity index is 1.63. The Kier molecular flexibility index (Phi) is 4.93. The van der Waals surface area contributed by atoms with Crippen molar-refractivity contribution >= 4 is 38.6 Å². The van der Waals surface area contributed by atoms with Gasteiger partial charge in [0.25, 0.3) is 5.91 Å². The van der Waals surface area contributed by atoms with Gasteiger partial charge in [-0.25, -0.2) is 17.8 Å². The van der Waals surface area contributed by atoms with Gasteiger partial charge in [0.05, 0.1) is 5.02 Å². The minimum absolute atomic E-state index is 0.0176. The number of rotatable bonds is 6. The lowest BCUT2D eigenvalue weighted by atomic mass is 10.3. The highest BCUT2D eigenvalue weighted by atomic mass is 35.5. The summed E-state index contributed by atoms with van der Waals surface area (Å²) in [6.45, 7) is 0.0682. The molecule has 2 aromatic heterocycles. The third kappa shape index (κ3) is 3.76. The number of sulfonamides is 1. The van der Waals surface area contributed by atoms with E-state index in [9.17, 15) is 13.2 Å². The van der Waals surface area contributed by atoms with Gasteiger partial charge in [-0.15, -0.1) is 0 Å². The highest BCUT2D eigenvalue weighted by Crippen LogP contribution is 2.26. The molecule has 2 heterocycles. The Morgan fingerprint density at radius 3 is 2.68 bits per heavy atom. The van der Waals surface area contributed by atoms with Crippen LogP contribution in [0, 0.1) is 0 Å². The first-order valence-corrected chi connectivity index (χ1v) is 8.95. The fourth-order valence-corrected chi connectivity index (χ4v) is 3.41. The molecule has 130 valence electrons. The number of nitrogens with one attached hydrogen (secondary N) is 2. The molecule has 0 spiro atoms. The maximum absolute atomic E-state index is 12.4. The Morgan fingerprint density at radius 1 is 1.12 bits per heavy atom. The molecule has 0 unspecified atom stereocenters. The standard InChI is InChI=1S/C14H12ClN5O4S/c15-9-4-5-11(13-12(9)19-24-20-13)25(22,23)18-8-7-17-14(21)10-3-1-2-6-16-10/h1-6,18H,7-8H2,(H,17,21).